The van der Waals surface area contributed by atoms with E-state index in [9.17, 15) is 9.90 Å². The highest BCUT2D eigenvalue weighted by atomic mass is 16.5. The number of esters is 1. The van der Waals surface area contributed by atoms with Gasteiger partial charge in [-0.05, 0) is 25.7 Å². The lowest BCUT2D eigenvalue weighted by molar-refractivity contribution is -0.149. The van der Waals surface area contributed by atoms with Crippen LogP contribution in [0.1, 0.15) is 32.6 Å². The lowest BCUT2D eigenvalue weighted by atomic mass is 9.91. The molecule has 2 unspecified atom stereocenters. The molecular weight excluding hydrogens is 168 g/mol. The van der Waals surface area contributed by atoms with Crippen LogP contribution in [0.5, 0.6) is 0 Å². The summed E-state index contributed by atoms with van der Waals surface area (Å²) in [6.07, 6.45) is 3.92. The van der Waals surface area contributed by atoms with Crippen LogP contribution in [0.2, 0.25) is 0 Å². The second kappa shape index (κ2) is 4.61. The van der Waals surface area contributed by atoms with Gasteiger partial charge in [-0.3, -0.25) is 4.79 Å². The van der Waals surface area contributed by atoms with Gasteiger partial charge in [0.1, 0.15) is 0 Å². The minimum absolute atomic E-state index is 0.300. The van der Waals surface area contributed by atoms with Crippen molar-refractivity contribution in [2.75, 3.05) is 7.11 Å². The van der Waals surface area contributed by atoms with Gasteiger partial charge in [-0.25, -0.2) is 0 Å². The van der Waals surface area contributed by atoms with E-state index in [1.807, 2.05) is 0 Å². The summed E-state index contributed by atoms with van der Waals surface area (Å²) in [6, 6.07) is 0. The Kier molecular flexibility index (Phi) is 3.72. The summed E-state index contributed by atoms with van der Waals surface area (Å²) in [5, 5.41) is 9.82. The number of methoxy groups -OCH3 is 1. The van der Waals surface area contributed by atoms with Crippen molar-refractivity contribution in [1.82, 2.24) is 0 Å². The first-order valence-electron chi connectivity index (χ1n) is 4.92. The van der Waals surface area contributed by atoms with E-state index in [1.54, 1.807) is 6.92 Å². The number of aliphatic hydroxyl groups excluding tert-OH is 1. The first-order valence-corrected chi connectivity index (χ1v) is 4.92. The molecule has 1 aliphatic carbocycles. The Morgan fingerprint density at radius 1 is 1.46 bits per heavy atom. The lowest BCUT2D eigenvalue weighted by Gasteiger charge is -2.22. The predicted molar refractivity (Wildman–Crippen MR) is 49.1 cm³/mol. The molecule has 0 aliphatic heterocycles. The molecule has 1 rings (SSSR count). The van der Waals surface area contributed by atoms with Crippen LogP contribution in [-0.2, 0) is 9.53 Å². The van der Waals surface area contributed by atoms with E-state index in [0.29, 0.717) is 5.92 Å². The predicted octanol–water partition coefficient (Wildman–Crippen LogP) is 1.35. The van der Waals surface area contributed by atoms with Crippen LogP contribution in [0, 0.1) is 11.8 Å². The number of hydrogen-bond donors (Lipinski definition) is 1. The van der Waals surface area contributed by atoms with E-state index in [1.165, 1.54) is 20.0 Å². The standard InChI is InChI=1S/C10H18O3/c1-7(10(12)13-2)9(11)8-5-3-4-6-8/h7-9,11H,3-6H2,1-2H3. The molecule has 1 N–H and O–H groups in total. The summed E-state index contributed by atoms with van der Waals surface area (Å²) in [7, 11) is 1.36. The summed E-state index contributed by atoms with van der Waals surface area (Å²) in [5.41, 5.74) is 0. The zero-order valence-electron chi connectivity index (χ0n) is 8.32. The number of aliphatic hydroxyl groups is 1. The van der Waals surface area contributed by atoms with Crippen molar-refractivity contribution in [2.45, 2.75) is 38.7 Å². The normalized spacial score (nSPS) is 22.7. The van der Waals surface area contributed by atoms with Gasteiger partial charge in [0, 0.05) is 0 Å². The number of ether oxygens (including phenoxy) is 1. The number of hydrogen-bond acceptors (Lipinski definition) is 3. The smallest absolute Gasteiger partial charge is 0.311 e. The van der Waals surface area contributed by atoms with Gasteiger partial charge in [0.25, 0.3) is 0 Å². The molecule has 13 heavy (non-hydrogen) atoms. The minimum Gasteiger partial charge on any atom is -0.469 e. The van der Waals surface area contributed by atoms with Crippen molar-refractivity contribution >= 4 is 5.97 Å². The van der Waals surface area contributed by atoms with Gasteiger partial charge in [0.15, 0.2) is 0 Å². The maximum atomic E-state index is 11.1. The van der Waals surface area contributed by atoms with E-state index >= 15 is 0 Å². The van der Waals surface area contributed by atoms with Crippen molar-refractivity contribution in [3.8, 4) is 0 Å². The van der Waals surface area contributed by atoms with Crippen molar-refractivity contribution < 1.29 is 14.6 Å². The summed E-state index contributed by atoms with van der Waals surface area (Å²) in [6.45, 7) is 1.73. The van der Waals surface area contributed by atoms with E-state index in [4.69, 9.17) is 0 Å². The summed E-state index contributed by atoms with van der Waals surface area (Å²) >= 11 is 0. The maximum absolute atomic E-state index is 11.1. The average Bonchev–Trinajstić information content (AvgIpc) is 2.67. The molecular formula is C10H18O3. The van der Waals surface area contributed by atoms with Crippen LogP contribution in [0.15, 0.2) is 0 Å². The Balaban J connectivity index is 2.45. The number of carbonyl (C=O) groups is 1. The molecule has 0 aromatic carbocycles. The molecule has 0 spiro atoms. The molecule has 1 aliphatic rings. The molecule has 0 heterocycles. The quantitative estimate of drug-likeness (QED) is 0.677. The molecule has 0 amide bonds. The fourth-order valence-electron chi connectivity index (χ4n) is 2.03. The molecule has 2 atom stereocenters. The van der Waals surface area contributed by atoms with Crippen molar-refractivity contribution in [1.29, 1.82) is 0 Å². The molecule has 0 bridgehead atoms. The third-order valence-electron chi connectivity index (χ3n) is 2.97. The van der Waals surface area contributed by atoms with Gasteiger partial charge < -0.3 is 9.84 Å². The van der Waals surface area contributed by atoms with E-state index in [0.717, 1.165) is 12.8 Å². The van der Waals surface area contributed by atoms with Crippen LogP contribution >= 0.6 is 0 Å². The van der Waals surface area contributed by atoms with Gasteiger partial charge in [-0.15, -0.1) is 0 Å². The largest absolute Gasteiger partial charge is 0.469 e. The van der Waals surface area contributed by atoms with E-state index < -0.39 is 6.10 Å². The maximum Gasteiger partial charge on any atom is 0.311 e. The SMILES string of the molecule is COC(=O)C(C)C(O)C1CCCC1. The van der Waals surface area contributed by atoms with E-state index in [-0.39, 0.29) is 11.9 Å². The summed E-state index contributed by atoms with van der Waals surface area (Å²) < 4.78 is 4.59. The summed E-state index contributed by atoms with van der Waals surface area (Å²) in [4.78, 5) is 11.1. The molecule has 76 valence electrons. The topological polar surface area (TPSA) is 46.5 Å². The fraction of sp³-hybridized carbons (Fsp3) is 0.900. The Bertz CT molecular complexity index is 173. The van der Waals surface area contributed by atoms with Gasteiger partial charge in [-0.1, -0.05) is 12.8 Å². The average molecular weight is 186 g/mol. The molecule has 1 fully saturated rings. The molecule has 0 radical (unpaired) electrons. The molecule has 3 nitrogen and oxygen atoms in total. The fourth-order valence-corrected chi connectivity index (χ4v) is 2.03. The van der Waals surface area contributed by atoms with E-state index in [2.05, 4.69) is 4.74 Å². The Hall–Kier alpha value is -0.570. The van der Waals surface area contributed by atoms with Crippen molar-refractivity contribution in [3.63, 3.8) is 0 Å². The third kappa shape index (κ3) is 2.44. The minimum atomic E-state index is -0.519. The first kappa shape index (κ1) is 10.5. The number of carbonyl (C=O) groups excluding carboxylic acids is 1. The van der Waals surface area contributed by atoms with Crippen molar-refractivity contribution in [3.05, 3.63) is 0 Å². The zero-order valence-corrected chi connectivity index (χ0v) is 8.32. The highest BCUT2D eigenvalue weighted by Gasteiger charge is 2.31. The zero-order chi connectivity index (χ0) is 9.84. The van der Waals surface area contributed by atoms with Crippen molar-refractivity contribution in [2.24, 2.45) is 11.8 Å². The molecule has 0 saturated heterocycles. The summed E-state index contributed by atoms with van der Waals surface area (Å²) in [5.74, 6) is -0.387. The molecule has 0 aromatic rings. The molecule has 0 aromatic heterocycles. The number of rotatable bonds is 3. The van der Waals surface area contributed by atoms with Gasteiger partial charge in [-0.2, -0.15) is 0 Å². The molecule has 1 saturated carbocycles. The van der Waals surface area contributed by atoms with Gasteiger partial charge in [0.05, 0.1) is 19.1 Å². The second-order valence-electron chi connectivity index (χ2n) is 3.85. The van der Waals surface area contributed by atoms with Crippen LogP contribution in [0.4, 0.5) is 0 Å². The third-order valence-corrected chi connectivity index (χ3v) is 2.97. The van der Waals surface area contributed by atoms with Crippen LogP contribution in [0.25, 0.3) is 0 Å². The second-order valence-corrected chi connectivity index (χ2v) is 3.85. The van der Waals surface area contributed by atoms with Crippen LogP contribution in [0.3, 0.4) is 0 Å². The monoisotopic (exact) mass is 186 g/mol. The highest BCUT2D eigenvalue weighted by Crippen LogP contribution is 2.30. The molecule has 3 heteroatoms. The van der Waals surface area contributed by atoms with Crippen LogP contribution < -0.4 is 0 Å². The first-order chi connectivity index (χ1) is 6.16. The lowest BCUT2D eigenvalue weighted by Crippen LogP contribution is -2.32. The Morgan fingerprint density at radius 2 is 2.00 bits per heavy atom. The Morgan fingerprint density at radius 3 is 2.46 bits per heavy atom. The highest BCUT2D eigenvalue weighted by molar-refractivity contribution is 5.72. The van der Waals surface area contributed by atoms with Gasteiger partial charge >= 0.3 is 5.97 Å². The van der Waals surface area contributed by atoms with Crippen LogP contribution in [-0.4, -0.2) is 24.3 Å². The van der Waals surface area contributed by atoms with Gasteiger partial charge in [0.2, 0.25) is 0 Å². The Labute approximate surface area is 79.1 Å².